The third kappa shape index (κ3) is 3.61. The Labute approximate surface area is 112 Å². The van der Waals surface area contributed by atoms with Crippen LogP contribution in [0.1, 0.15) is 24.5 Å². The summed E-state index contributed by atoms with van der Waals surface area (Å²) >= 11 is 0. The van der Waals surface area contributed by atoms with Gasteiger partial charge in [-0.3, -0.25) is 4.79 Å². The molecule has 1 aliphatic carbocycles. The van der Waals surface area contributed by atoms with Crippen LogP contribution in [0, 0.1) is 0 Å². The van der Waals surface area contributed by atoms with E-state index in [2.05, 4.69) is 10.2 Å². The van der Waals surface area contributed by atoms with E-state index in [1.54, 1.807) is 6.92 Å². The predicted octanol–water partition coefficient (Wildman–Crippen LogP) is 1.88. The van der Waals surface area contributed by atoms with Crippen molar-refractivity contribution in [2.24, 2.45) is 10.2 Å². The maximum absolute atomic E-state index is 11.1. The lowest BCUT2D eigenvalue weighted by Crippen LogP contribution is -2.25. The number of ether oxygens (including phenoxy) is 1. The van der Waals surface area contributed by atoms with Gasteiger partial charge in [0.2, 0.25) is 0 Å². The van der Waals surface area contributed by atoms with Crippen molar-refractivity contribution in [1.82, 2.24) is 0 Å². The first-order chi connectivity index (χ1) is 9.13. The molecular weight excluding hydrogens is 244 g/mol. The Morgan fingerprint density at radius 1 is 1.37 bits per heavy atom. The van der Waals surface area contributed by atoms with Crippen molar-refractivity contribution in [2.75, 3.05) is 13.2 Å². The highest BCUT2D eigenvalue weighted by Crippen LogP contribution is 2.31. The molecule has 0 heterocycles. The summed E-state index contributed by atoms with van der Waals surface area (Å²) < 4.78 is 4.79. The van der Waals surface area contributed by atoms with E-state index in [-0.39, 0.29) is 18.9 Å². The first-order valence-corrected chi connectivity index (χ1v) is 6.46. The van der Waals surface area contributed by atoms with E-state index in [0.29, 0.717) is 19.4 Å². The molecule has 1 aliphatic rings. The Morgan fingerprint density at radius 2 is 2.00 bits per heavy atom. The van der Waals surface area contributed by atoms with E-state index in [9.17, 15) is 9.90 Å². The zero-order valence-electron chi connectivity index (χ0n) is 11.0. The van der Waals surface area contributed by atoms with E-state index in [0.717, 1.165) is 11.1 Å². The zero-order valence-corrected chi connectivity index (χ0v) is 11.0. The molecule has 1 N–H and O–H groups in total. The molecule has 0 saturated heterocycles. The minimum Gasteiger partial charge on any atom is -0.466 e. The Balaban J connectivity index is 1.85. The van der Waals surface area contributed by atoms with Crippen molar-refractivity contribution >= 4 is 5.97 Å². The summed E-state index contributed by atoms with van der Waals surface area (Å²) in [6, 6.07) is 7.87. The van der Waals surface area contributed by atoms with Crippen LogP contribution in [0.5, 0.6) is 0 Å². The number of hydrogen-bond donors (Lipinski definition) is 1. The number of carbonyl (C=O) groups excluding carboxylic acids is 1. The number of rotatable bonds is 5. The molecule has 19 heavy (non-hydrogen) atoms. The van der Waals surface area contributed by atoms with E-state index in [4.69, 9.17) is 4.74 Å². The topological polar surface area (TPSA) is 71.2 Å². The third-order valence-electron chi connectivity index (χ3n) is 3.04. The second kappa shape index (κ2) is 5.93. The highest BCUT2D eigenvalue weighted by atomic mass is 16.5. The number of aliphatic hydroxyl groups is 1. The van der Waals surface area contributed by atoms with Crippen LogP contribution < -0.4 is 0 Å². The van der Waals surface area contributed by atoms with E-state index < -0.39 is 5.72 Å². The molecule has 5 heteroatoms. The quantitative estimate of drug-likeness (QED) is 0.650. The molecule has 0 fully saturated rings. The summed E-state index contributed by atoms with van der Waals surface area (Å²) in [5, 5.41) is 18.2. The van der Waals surface area contributed by atoms with Gasteiger partial charge in [-0.1, -0.05) is 24.3 Å². The second-order valence-electron chi connectivity index (χ2n) is 4.62. The lowest BCUT2D eigenvalue weighted by molar-refractivity contribution is -0.142. The molecule has 1 aromatic carbocycles. The number of benzene rings is 1. The van der Waals surface area contributed by atoms with Crippen LogP contribution in [0.25, 0.3) is 0 Å². The number of nitrogens with zero attached hydrogens (tertiary/aromatic N) is 2. The van der Waals surface area contributed by atoms with Crippen molar-refractivity contribution in [3.63, 3.8) is 0 Å². The summed E-state index contributed by atoms with van der Waals surface area (Å²) in [7, 11) is 0. The summed E-state index contributed by atoms with van der Waals surface area (Å²) in [6.07, 6.45) is 1.15. The van der Waals surface area contributed by atoms with Gasteiger partial charge in [0.25, 0.3) is 0 Å². The Bertz CT molecular complexity index is 460. The normalized spacial score (nSPS) is 16.5. The van der Waals surface area contributed by atoms with E-state index >= 15 is 0 Å². The molecule has 0 atom stereocenters. The molecule has 5 nitrogen and oxygen atoms in total. The molecule has 0 unspecified atom stereocenters. The van der Waals surface area contributed by atoms with Crippen molar-refractivity contribution < 1.29 is 14.6 Å². The van der Waals surface area contributed by atoms with Gasteiger partial charge in [-0.25, -0.2) is 0 Å². The van der Waals surface area contributed by atoms with Gasteiger partial charge in [-0.2, -0.15) is 10.2 Å². The number of hydrogen-bond acceptors (Lipinski definition) is 5. The lowest BCUT2D eigenvalue weighted by atomic mass is 10.1. The van der Waals surface area contributed by atoms with E-state index in [1.165, 1.54) is 0 Å². The number of carbonyl (C=O) groups is 1. The van der Waals surface area contributed by atoms with Gasteiger partial charge < -0.3 is 9.84 Å². The molecule has 0 aromatic heterocycles. The predicted molar refractivity (Wildman–Crippen MR) is 69.8 cm³/mol. The number of fused-ring (bicyclic) bond motifs is 1. The monoisotopic (exact) mass is 262 g/mol. The molecule has 0 radical (unpaired) electrons. The van der Waals surface area contributed by atoms with Gasteiger partial charge in [0.15, 0.2) is 5.72 Å². The molecule has 1 aromatic rings. The standard InChI is InChI=1S/C14H18N2O3/c1-2-19-13(17)7-8-15-16-14(18)9-11-5-3-4-6-12(11)10-14/h3-6,18H,2,7-10H2,1H3/b16-15+. The van der Waals surface area contributed by atoms with Gasteiger partial charge in [-0.15, -0.1) is 0 Å². The highest BCUT2D eigenvalue weighted by Gasteiger charge is 2.34. The molecule has 0 aliphatic heterocycles. The first kappa shape index (κ1) is 13.7. The molecule has 0 spiro atoms. The van der Waals surface area contributed by atoms with Crippen LogP contribution in [-0.2, 0) is 22.4 Å². The minimum absolute atomic E-state index is 0.195. The Kier molecular flexibility index (Phi) is 4.27. The zero-order chi connectivity index (χ0) is 13.7. The highest BCUT2D eigenvalue weighted by molar-refractivity contribution is 5.69. The smallest absolute Gasteiger partial charge is 0.307 e. The van der Waals surface area contributed by atoms with Crippen LogP contribution >= 0.6 is 0 Å². The molecule has 102 valence electrons. The Morgan fingerprint density at radius 3 is 2.58 bits per heavy atom. The van der Waals surface area contributed by atoms with Gasteiger partial charge in [0.05, 0.1) is 19.6 Å². The number of esters is 1. The Hall–Kier alpha value is -1.75. The summed E-state index contributed by atoms with van der Waals surface area (Å²) in [4.78, 5) is 11.1. The van der Waals surface area contributed by atoms with Gasteiger partial charge in [0, 0.05) is 12.8 Å². The van der Waals surface area contributed by atoms with Crippen molar-refractivity contribution in [3.8, 4) is 0 Å². The maximum Gasteiger partial charge on any atom is 0.307 e. The van der Waals surface area contributed by atoms with Crippen molar-refractivity contribution in [1.29, 1.82) is 0 Å². The number of azo groups is 1. The van der Waals surface area contributed by atoms with Crippen LogP contribution in [0.3, 0.4) is 0 Å². The fourth-order valence-corrected chi connectivity index (χ4v) is 2.20. The van der Waals surface area contributed by atoms with Gasteiger partial charge in [-0.05, 0) is 18.1 Å². The summed E-state index contributed by atoms with van der Waals surface area (Å²) in [6.45, 7) is 2.38. The fraction of sp³-hybridized carbons (Fsp3) is 0.500. The average molecular weight is 262 g/mol. The van der Waals surface area contributed by atoms with Crippen LogP contribution in [0.4, 0.5) is 0 Å². The lowest BCUT2D eigenvalue weighted by Gasteiger charge is -2.14. The molecule has 2 rings (SSSR count). The molecule has 0 amide bonds. The van der Waals surface area contributed by atoms with E-state index in [1.807, 2.05) is 24.3 Å². The third-order valence-corrected chi connectivity index (χ3v) is 3.04. The summed E-state index contributed by atoms with van der Waals surface area (Å²) in [5.74, 6) is -0.289. The first-order valence-electron chi connectivity index (χ1n) is 6.46. The average Bonchev–Trinajstić information content (AvgIpc) is 2.71. The van der Waals surface area contributed by atoms with Gasteiger partial charge in [0.1, 0.15) is 0 Å². The SMILES string of the molecule is CCOC(=O)CC/N=N/C1(O)Cc2ccccc2C1. The maximum atomic E-state index is 11.1. The molecule has 0 saturated carbocycles. The van der Waals surface area contributed by atoms with Crippen molar-refractivity contribution in [2.45, 2.75) is 31.9 Å². The van der Waals surface area contributed by atoms with Crippen LogP contribution in [-0.4, -0.2) is 30.0 Å². The molecule has 0 bridgehead atoms. The minimum atomic E-state index is -1.15. The second-order valence-corrected chi connectivity index (χ2v) is 4.62. The summed E-state index contributed by atoms with van der Waals surface area (Å²) in [5.41, 5.74) is 1.06. The van der Waals surface area contributed by atoms with Crippen LogP contribution in [0.15, 0.2) is 34.5 Å². The fourth-order valence-electron chi connectivity index (χ4n) is 2.20. The molecular formula is C14H18N2O3. The van der Waals surface area contributed by atoms with Crippen LogP contribution in [0.2, 0.25) is 0 Å². The van der Waals surface area contributed by atoms with Gasteiger partial charge >= 0.3 is 5.97 Å². The largest absolute Gasteiger partial charge is 0.466 e. The van der Waals surface area contributed by atoms with Crippen molar-refractivity contribution in [3.05, 3.63) is 35.4 Å².